The fourth-order valence-corrected chi connectivity index (χ4v) is 2.34. The van der Waals surface area contributed by atoms with E-state index in [1.54, 1.807) is 24.3 Å². The van der Waals surface area contributed by atoms with Gasteiger partial charge in [0.1, 0.15) is 23.7 Å². The molecule has 1 aromatic heterocycles. The van der Waals surface area contributed by atoms with E-state index in [1.807, 2.05) is 13.0 Å². The monoisotopic (exact) mass is 356 g/mol. The van der Waals surface area contributed by atoms with Crippen molar-refractivity contribution in [2.75, 3.05) is 10.6 Å². The lowest BCUT2D eigenvalue weighted by Crippen LogP contribution is -2.15. The summed E-state index contributed by atoms with van der Waals surface area (Å²) in [4.78, 5) is 20.3. The fraction of sp³-hybridized carbons (Fsp3) is 0.0556. The summed E-state index contributed by atoms with van der Waals surface area (Å²) >= 11 is 6.00. The summed E-state index contributed by atoms with van der Waals surface area (Å²) in [6.07, 6.45) is 1.26. The van der Waals surface area contributed by atoms with Gasteiger partial charge in [-0.3, -0.25) is 4.79 Å². The van der Waals surface area contributed by atoms with E-state index in [0.29, 0.717) is 10.8 Å². The highest BCUT2D eigenvalue weighted by Gasteiger charge is 2.12. The van der Waals surface area contributed by atoms with Crippen LogP contribution in [0.3, 0.4) is 0 Å². The van der Waals surface area contributed by atoms with E-state index < -0.39 is 11.7 Å². The van der Waals surface area contributed by atoms with Crippen molar-refractivity contribution in [1.29, 1.82) is 0 Å². The minimum atomic E-state index is -0.529. The van der Waals surface area contributed by atoms with E-state index in [2.05, 4.69) is 20.6 Å². The molecule has 2 N–H and O–H groups in total. The highest BCUT2D eigenvalue weighted by Crippen LogP contribution is 2.23. The van der Waals surface area contributed by atoms with Gasteiger partial charge in [-0.2, -0.15) is 0 Å². The van der Waals surface area contributed by atoms with Crippen LogP contribution < -0.4 is 10.6 Å². The Kier molecular flexibility index (Phi) is 4.90. The SMILES string of the molecule is Cc1ccc(Cl)cc1Nc1cc(C(=O)Nc2ccccc2F)ncn1. The second kappa shape index (κ2) is 7.27. The van der Waals surface area contributed by atoms with Crippen molar-refractivity contribution in [1.82, 2.24) is 9.97 Å². The third-order valence-corrected chi connectivity index (χ3v) is 3.72. The molecule has 0 aliphatic rings. The molecule has 0 bridgehead atoms. The van der Waals surface area contributed by atoms with Crippen LogP contribution in [0.2, 0.25) is 5.02 Å². The van der Waals surface area contributed by atoms with Gasteiger partial charge in [0, 0.05) is 16.8 Å². The Morgan fingerprint density at radius 2 is 1.88 bits per heavy atom. The molecule has 126 valence electrons. The first kappa shape index (κ1) is 16.9. The molecule has 1 amide bonds. The number of para-hydroxylation sites is 1. The minimum absolute atomic E-state index is 0.0892. The topological polar surface area (TPSA) is 66.9 Å². The number of rotatable bonds is 4. The molecule has 0 atom stereocenters. The van der Waals surface area contributed by atoms with Gasteiger partial charge in [0.05, 0.1) is 5.69 Å². The van der Waals surface area contributed by atoms with E-state index in [0.717, 1.165) is 11.3 Å². The normalized spacial score (nSPS) is 10.4. The molecule has 0 radical (unpaired) electrons. The number of carbonyl (C=O) groups excluding carboxylic acids is 1. The summed E-state index contributed by atoms with van der Waals surface area (Å²) in [6, 6.07) is 12.8. The summed E-state index contributed by atoms with van der Waals surface area (Å²) in [5.74, 6) is -0.616. The second-order valence-electron chi connectivity index (χ2n) is 5.31. The number of aryl methyl sites for hydroxylation is 1. The van der Waals surface area contributed by atoms with Crippen LogP contribution in [0.1, 0.15) is 16.1 Å². The lowest BCUT2D eigenvalue weighted by molar-refractivity contribution is 0.102. The van der Waals surface area contributed by atoms with Crippen molar-refractivity contribution in [3.63, 3.8) is 0 Å². The third kappa shape index (κ3) is 4.10. The van der Waals surface area contributed by atoms with E-state index >= 15 is 0 Å². The van der Waals surface area contributed by atoms with Crippen LogP contribution in [0.5, 0.6) is 0 Å². The largest absolute Gasteiger partial charge is 0.340 e. The number of nitrogens with one attached hydrogen (secondary N) is 2. The Bertz CT molecular complexity index is 932. The van der Waals surface area contributed by atoms with Crippen LogP contribution in [0.15, 0.2) is 54.9 Å². The van der Waals surface area contributed by atoms with Crippen LogP contribution >= 0.6 is 11.6 Å². The average molecular weight is 357 g/mol. The summed E-state index contributed by atoms with van der Waals surface area (Å²) in [7, 11) is 0. The Labute approximate surface area is 148 Å². The van der Waals surface area contributed by atoms with Crippen molar-refractivity contribution in [2.24, 2.45) is 0 Å². The number of aromatic nitrogens is 2. The molecule has 0 saturated heterocycles. The molecule has 25 heavy (non-hydrogen) atoms. The van der Waals surface area contributed by atoms with Gasteiger partial charge in [0.15, 0.2) is 0 Å². The lowest BCUT2D eigenvalue weighted by Gasteiger charge is -2.10. The Morgan fingerprint density at radius 1 is 1.08 bits per heavy atom. The van der Waals surface area contributed by atoms with Crippen molar-refractivity contribution < 1.29 is 9.18 Å². The molecule has 0 aliphatic carbocycles. The van der Waals surface area contributed by atoms with Gasteiger partial charge in [-0.25, -0.2) is 14.4 Å². The van der Waals surface area contributed by atoms with Crippen molar-refractivity contribution in [2.45, 2.75) is 6.92 Å². The third-order valence-electron chi connectivity index (χ3n) is 3.48. The standard InChI is InChI=1S/C18H14ClFN4O/c1-11-6-7-12(19)8-15(11)23-17-9-16(21-10-22-17)18(25)24-14-5-3-2-4-13(14)20/h2-10H,1H3,(H,24,25)(H,21,22,23). The average Bonchev–Trinajstić information content (AvgIpc) is 2.60. The maximum atomic E-state index is 13.6. The van der Waals surface area contributed by atoms with E-state index in [9.17, 15) is 9.18 Å². The van der Waals surface area contributed by atoms with Crippen molar-refractivity contribution in [3.05, 3.63) is 77.0 Å². The molecule has 5 nitrogen and oxygen atoms in total. The first-order valence-electron chi connectivity index (χ1n) is 7.44. The predicted molar refractivity (Wildman–Crippen MR) is 95.9 cm³/mol. The van der Waals surface area contributed by atoms with Gasteiger partial charge in [-0.05, 0) is 36.8 Å². The minimum Gasteiger partial charge on any atom is -0.340 e. The van der Waals surface area contributed by atoms with Gasteiger partial charge in [0.25, 0.3) is 5.91 Å². The zero-order valence-corrected chi connectivity index (χ0v) is 14.0. The number of benzene rings is 2. The number of hydrogen-bond acceptors (Lipinski definition) is 4. The van der Waals surface area contributed by atoms with Crippen LogP contribution in [0.4, 0.5) is 21.6 Å². The van der Waals surface area contributed by atoms with Gasteiger partial charge in [-0.1, -0.05) is 29.8 Å². The Morgan fingerprint density at radius 3 is 2.68 bits per heavy atom. The highest BCUT2D eigenvalue weighted by molar-refractivity contribution is 6.30. The van der Waals surface area contributed by atoms with Gasteiger partial charge >= 0.3 is 0 Å². The molecule has 2 aromatic carbocycles. The molecule has 0 aliphatic heterocycles. The molecule has 3 aromatic rings. The van der Waals surface area contributed by atoms with Crippen LogP contribution in [0, 0.1) is 12.7 Å². The molecular weight excluding hydrogens is 343 g/mol. The number of halogens is 2. The maximum absolute atomic E-state index is 13.6. The molecule has 3 rings (SSSR count). The smallest absolute Gasteiger partial charge is 0.274 e. The fourth-order valence-electron chi connectivity index (χ4n) is 2.17. The summed E-state index contributed by atoms with van der Waals surface area (Å²) in [6.45, 7) is 1.92. The van der Waals surface area contributed by atoms with E-state index in [-0.39, 0.29) is 11.4 Å². The first-order chi connectivity index (χ1) is 12.0. The zero-order chi connectivity index (χ0) is 17.8. The molecule has 7 heteroatoms. The number of hydrogen-bond donors (Lipinski definition) is 2. The number of amides is 1. The predicted octanol–water partition coefficient (Wildman–Crippen LogP) is 4.57. The lowest BCUT2D eigenvalue weighted by atomic mass is 10.2. The number of carbonyl (C=O) groups is 1. The molecule has 1 heterocycles. The van der Waals surface area contributed by atoms with Gasteiger partial charge in [0.2, 0.25) is 0 Å². The van der Waals surface area contributed by atoms with Crippen molar-refractivity contribution >= 4 is 34.7 Å². The molecule has 0 fully saturated rings. The highest BCUT2D eigenvalue weighted by atomic mass is 35.5. The molecule has 0 unspecified atom stereocenters. The maximum Gasteiger partial charge on any atom is 0.274 e. The first-order valence-corrected chi connectivity index (χ1v) is 7.82. The van der Waals surface area contributed by atoms with Crippen LogP contribution in [-0.2, 0) is 0 Å². The quantitative estimate of drug-likeness (QED) is 0.718. The van der Waals surface area contributed by atoms with Crippen LogP contribution in [0.25, 0.3) is 0 Å². The van der Waals surface area contributed by atoms with Gasteiger partial charge in [-0.15, -0.1) is 0 Å². The molecule has 0 spiro atoms. The molecule has 0 saturated carbocycles. The van der Waals surface area contributed by atoms with Crippen molar-refractivity contribution in [3.8, 4) is 0 Å². The Balaban J connectivity index is 1.80. The summed E-state index contributed by atoms with van der Waals surface area (Å²) < 4.78 is 13.6. The van der Waals surface area contributed by atoms with Gasteiger partial charge < -0.3 is 10.6 Å². The number of nitrogens with zero attached hydrogens (tertiary/aromatic N) is 2. The summed E-state index contributed by atoms with van der Waals surface area (Å²) in [5.41, 5.74) is 1.94. The molecular formula is C18H14ClFN4O. The number of anilines is 3. The second-order valence-corrected chi connectivity index (χ2v) is 5.74. The van der Waals surface area contributed by atoms with Crippen LogP contribution in [-0.4, -0.2) is 15.9 Å². The van der Waals surface area contributed by atoms with E-state index in [4.69, 9.17) is 11.6 Å². The zero-order valence-electron chi connectivity index (χ0n) is 13.3. The summed E-state index contributed by atoms with van der Waals surface area (Å²) in [5, 5.41) is 6.16. The van der Waals surface area contributed by atoms with E-state index in [1.165, 1.54) is 24.5 Å². The Hall–Kier alpha value is -2.99.